The van der Waals surface area contributed by atoms with Gasteiger partial charge in [-0.25, -0.2) is 24.0 Å². The van der Waals surface area contributed by atoms with Crippen LogP contribution >= 0.6 is 0 Å². The van der Waals surface area contributed by atoms with Gasteiger partial charge in [0.05, 0.1) is 32.3 Å². The molecule has 1 rings (SSSR count). The van der Waals surface area contributed by atoms with E-state index >= 15 is 0 Å². The molecule has 0 saturated heterocycles. The molecule has 0 aromatic carbocycles. The number of nitrogens with zero attached hydrogens (tertiary/aromatic N) is 2. The Balaban J connectivity index is -0.000000306. The summed E-state index contributed by atoms with van der Waals surface area (Å²) in [7, 11) is -18.0. The highest BCUT2D eigenvalue weighted by molar-refractivity contribution is 6.89. The van der Waals surface area contributed by atoms with E-state index in [1.165, 1.54) is 32.1 Å². The lowest BCUT2D eigenvalue weighted by Crippen LogP contribution is -2.53. The summed E-state index contributed by atoms with van der Waals surface area (Å²) < 4.78 is 105. The quantitative estimate of drug-likeness (QED) is 0.0136. The van der Waals surface area contributed by atoms with Crippen molar-refractivity contribution in [1.82, 2.24) is 9.80 Å². The van der Waals surface area contributed by atoms with Crippen LogP contribution in [0.3, 0.4) is 0 Å². The molecule has 0 bridgehead atoms. The molecule has 0 aromatic heterocycles. The van der Waals surface area contributed by atoms with E-state index in [1.54, 1.807) is 6.08 Å². The Kier molecular flexibility index (Phi) is 78.5. The van der Waals surface area contributed by atoms with Gasteiger partial charge in [-0.05, 0) is 222 Å². The third kappa shape index (κ3) is 87.5. The molecule has 804 valence electrons. The molecule has 0 aromatic rings. The second kappa shape index (κ2) is 74.1. The highest BCUT2D eigenvalue weighted by Gasteiger charge is 2.45. The highest BCUT2D eigenvalue weighted by Crippen LogP contribution is 2.31. The Hall–Kier alpha value is -4.82. The van der Waals surface area contributed by atoms with E-state index in [9.17, 15) is 68.4 Å². The Morgan fingerprint density at radius 1 is 0.314 bits per heavy atom. The molecule has 0 aliphatic heterocycles. The van der Waals surface area contributed by atoms with Gasteiger partial charge in [-0.3, -0.25) is 4.79 Å². The van der Waals surface area contributed by atoms with Crippen LogP contribution in [0.4, 0.5) is 0 Å². The Bertz CT molecular complexity index is 3310. The maximum atomic E-state index is 12.3. The van der Waals surface area contributed by atoms with E-state index in [0.29, 0.717) is 78.2 Å². The minimum absolute atomic E-state index is 0. The summed E-state index contributed by atoms with van der Waals surface area (Å²) in [6.45, 7) is 80.3. The topological polar surface area (TPSA) is 436 Å². The lowest BCUT2D eigenvalue weighted by molar-refractivity contribution is -0.313. The third-order valence-electron chi connectivity index (χ3n) is 18.4. The molecule has 0 fully saturated rings. The van der Waals surface area contributed by atoms with E-state index in [1.807, 2.05) is 96.4 Å². The van der Waals surface area contributed by atoms with Gasteiger partial charge in [-0.2, -0.15) is 0 Å². The molecule has 0 amide bonds. The third-order valence-corrected chi connectivity index (χ3v) is 60.6. The summed E-state index contributed by atoms with van der Waals surface area (Å²) in [5.74, 6) is -10.1. The summed E-state index contributed by atoms with van der Waals surface area (Å²) in [5, 5.41) is 42.5. The minimum Gasteiger partial charge on any atom is -0.550 e. The number of esters is 6. The van der Waals surface area contributed by atoms with Crippen molar-refractivity contribution in [2.24, 2.45) is 11.8 Å². The van der Waals surface area contributed by atoms with E-state index in [2.05, 4.69) is 165 Å². The number of likely N-dealkylation sites (N-methyl/N-ethyl adjacent to an activating group) is 2. The van der Waals surface area contributed by atoms with Gasteiger partial charge in [0, 0.05) is 143 Å². The van der Waals surface area contributed by atoms with E-state index in [0.717, 1.165) is 68.7 Å². The zero-order valence-corrected chi connectivity index (χ0v) is 101. The lowest BCUT2D eigenvalue weighted by atomic mass is 9.83. The van der Waals surface area contributed by atoms with Crippen molar-refractivity contribution < 1.29 is 147 Å². The van der Waals surface area contributed by atoms with Gasteiger partial charge >= 0.3 is 104 Å². The Morgan fingerprint density at radius 2 is 0.533 bits per heavy atom. The fourth-order valence-corrected chi connectivity index (χ4v) is 65.6. The van der Waals surface area contributed by atoms with Gasteiger partial charge in [0.2, 0.25) is 0 Å². The molecule has 2 unspecified atom stereocenters. The summed E-state index contributed by atoms with van der Waals surface area (Å²) in [4.78, 5) is 114. The predicted molar refractivity (Wildman–Crippen MR) is 563 cm³/mol. The summed E-state index contributed by atoms with van der Waals surface area (Å²) >= 11 is 0. The number of hydrogen-bond acceptors (Lipinski definition) is 34. The average molecular weight is 2160 g/mol. The molecular formula is C91H186N2O32Si12-4. The van der Waals surface area contributed by atoms with Crippen molar-refractivity contribution >= 4 is 161 Å². The standard InChI is InChI=1S/C21H42O7Si3.3C18H38O7Si3.2C7H13NO2.2CH4/c1-8-9-17-29(2,3)27-31(6,7)28-30(4,5)26-16-12-15-25-21(24)19-14-11-10-13-18(19)20(22)23;3*1-9-10-14-26(3,4)24-28(7,8)25-27(5,6)23-13-11-12-22-18(21)16(2)15-17(19)20;2*1-4-7(9)10-6-5-8(2)3;;/h10-11,18-19H,8-9,12-17H2,1-7H3,(H,22,23);3*2,9-15H2,1,3-8H3,(H,19,20);2*4H,1,5-6H2,2-3H3;2*1H4/p-4. The number of carboxylic acids is 4. The zero-order valence-electron chi connectivity index (χ0n) is 88.8. The van der Waals surface area contributed by atoms with Crippen LogP contribution in [0, 0.1) is 11.8 Å². The smallest absolute Gasteiger partial charge is 0.333 e. The van der Waals surface area contributed by atoms with Crippen LogP contribution in [0.15, 0.2) is 73.9 Å². The zero-order chi connectivity index (χ0) is 106. The first-order valence-electron chi connectivity index (χ1n) is 46.9. The number of aliphatic carboxylic acids is 4. The number of carbonyl (C=O) groups is 10. The molecule has 34 nitrogen and oxygen atoms in total. The maximum Gasteiger partial charge on any atom is 0.333 e. The van der Waals surface area contributed by atoms with Gasteiger partial charge in [0.25, 0.3) is 0 Å². The fourth-order valence-electron chi connectivity index (χ4n) is 13.3. The van der Waals surface area contributed by atoms with Gasteiger partial charge in [0.15, 0.2) is 33.3 Å². The Morgan fingerprint density at radius 3 is 0.730 bits per heavy atom. The van der Waals surface area contributed by atoms with Crippen LogP contribution in [0.2, 0.25) is 181 Å². The number of carboxylic acid groups (broad SMARTS) is 4. The summed E-state index contributed by atoms with van der Waals surface area (Å²) in [5.41, 5.74) is -0.379. The van der Waals surface area contributed by atoms with E-state index in [-0.39, 0.29) is 69.9 Å². The first kappa shape index (κ1) is 145. The van der Waals surface area contributed by atoms with Gasteiger partial charge < -0.3 is 128 Å². The van der Waals surface area contributed by atoms with Gasteiger partial charge in [0.1, 0.15) is 13.2 Å². The number of rotatable bonds is 67. The number of ether oxygens (including phenoxy) is 6. The van der Waals surface area contributed by atoms with E-state index in [4.69, 9.17) is 79.0 Å². The number of unbranched alkanes of at least 4 members (excludes halogenated alkanes) is 4. The Labute approximate surface area is 839 Å². The molecule has 0 spiro atoms. The average Bonchev–Trinajstić information content (AvgIpc) is 0.845. The fraction of sp³-hybridized carbons (Fsp3) is 0.758. The summed E-state index contributed by atoms with van der Waals surface area (Å²) in [6.07, 6.45) is 16.4. The molecule has 1 aliphatic rings. The van der Waals surface area contributed by atoms with Gasteiger partial charge in [-0.15, -0.1) is 0 Å². The maximum absolute atomic E-state index is 12.3. The van der Waals surface area contributed by atoms with Crippen molar-refractivity contribution in [3.05, 3.63) is 73.9 Å². The second-order valence-electron chi connectivity index (χ2n) is 39.1. The monoisotopic (exact) mass is 2160 g/mol. The highest BCUT2D eigenvalue weighted by atomic mass is 28.5. The number of hydrogen-bond donors (Lipinski definition) is 0. The van der Waals surface area contributed by atoms with Crippen LogP contribution in [0.1, 0.15) is 152 Å². The molecular weight excluding hydrogens is 1970 g/mol. The van der Waals surface area contributed by atoms with E-state index < -0.39 is 181 Å². The second-order valence-corrected chi connectivity index (χ2v) is 85.3. The molecule has 0 saturated carbocycles. The SMILES string of the molecule is C.C.C=C(CC(=O)[O-])C(=O)OCCCO[Si](C)(C)O[Si](C)(C)O[Si](C)(C)CCCC.C=C(CC(=O)[O-])C(=O)OCCCO[Si](C)(C)O[Si](C)(C)O[Si](C)(C)CCCC.C=C(CC(=O)[O-])C(=O)OCCCO[Si](C)(C)O[Si](C)(C)O[Si](C)(C)CCCC.C=CC(=O)OCCN(C)C.C=CC(=O)OCCN(C)C.CCCC[Si](C)(C)O[Si](C)(C)O[Si](C)(C)OCCCOC(=O)C1CC=CCC1C(=O)[O-]. The van der Waals surface area contributed by atoms with Crippen molar-refractivity contribution in [1.29, 1.82) is 0 Å². The molecule has 46 heteroatoms. The largest absolute Gasteiger partial charge is 0.550 e. The van der Waals surface area contributed by atoms with Crippen LogP contribution in [0.25, 0.3) is 0 Å². The van der Waals surface area contributed by atoms with Crippen LogP contribution in [-0.2, 0) is 127 Å². The molecule has 137 heavy (non-hydrogen) atoms. The predicted octanol–water partition coefficient (Wildman–Crippen LogP) is 14.8. The normalized spacial score (nSPS) is 13.7. The lowest BCUT2D eigenvalue weighted by Gasteiger charge is -2.38. The van der Waals surface area contributed by atoms with Crippen molar-refractivity contribution in [3.8, 4) is 0 Å². The number of carbonyl (C=O) groups excluding carboxylic acids is 10. The van der Waals surface area contributed by atoms with Crippen molar-refractivity contribution in [2.75, 3.05) is 107 Å². The van der Waals surface area contributed by atoms with Crippen LogP contribution < -0.4 is 20.4 Å². The first-order chi connectivity index (χ1) is 61.7. The van der Waals surface area contributed by atoms with Crippen LogP contribution in [-0.4, -0.2) is 279 Å². The summed E-state index contributed by atoms with van der Waals surface area (Å²) in [6, 6.07) is 4.51. The van der Waals surface area contributed by atoms with Crippen molar-refractivity contribution in [2.45, 2.75) is 333 Å². The minimum atomic E-state index is -2.38. The van der Waals surface area contributed by atoms with Crippen LogP contribution in [0.5, 0.6) is 0 Å². The molecule has 1 aliphatic carbocycles. The molecule has 0 radical (unpaired) electrons. The van der Waals surface area contributed by atoms with Gasteiger partial charge in [-0.1, -0.05) is 139 Å². The molecule has 0 N–H and O–H groups in total. The molecule has 0 heterocycles. The van der Waals surface area contributed by atoms with Crippen molar-refractivity contribution in [3.63, 3.8) is 0 Å². The number of allylic oxidation sites excluding steroid dienone is 2. The first-order valence-corrected chi connectivity index (χ1v) is 81.9. The molecule has 2 atom stereocenters.